The van der Waals surface area contributed by atoms with Gasteiger partial charge in [-0.1, -0.05) is 12.7 Å². The van der Waals surface area contributed by atoms with Crippen LogP contribution in [0.1, 0.15) is 5.56 Å². The highest BCUT2D eigenvalue weighted by Crippen LogP contribution is 2.25. The molecular formula is C18H18O4. The van der Waals surface area contributed by atoms with Crippen LogP contribution >= 0.6 is 0 Å². The highest BCUT2D eigenvalue weighted by Gasteiger charge is 2.18. The van der Waals surface area contributed by atoms with E-state index in [1.54, 1.807) is 12.1 Å². The average molecular weight is 298 g/mol. The second-order valence-corrected chi connectivity index (χ2v) is 4.91. The predicted octanol–water partition coefficient (Wildman–Crippen LogP) is 1.46. The number of allylic oxidation sites excluding steroid dienone is 3. The molecule has 114 valence electrons. The van der Waals surface area contributed by atoms with Crippen LogP contribution in [0, 0.1) is 6.92 Å². The van der Waals surface area contributed by atoms with Gasteiger partial charge >= 0.3 is 0 Å². The SMILES string of the molecule is C=c1cc(O)cc(C)c1=CC=C1C(OC)=CC(=O)C=C1OC. The van der Waals surface area contributed by atoms with Crippen molar-refractivity contribution in [2.24, 2.45) is 0 Å². The molecule has 1 aromatic rings. The number of phenols is 1. The van der Waals surface area contributed by atoms with Gasteiger partial charge in [0.25, 0.3) is 0 Å². The van der Waals surface area contributed by atoms with Crippen LogP contribution in [-0.2, 0) is 14.3 Å². The number of hydrogen-bond donors (Lipinski definition) is 1. The molecule has 4 nitrogen and oxygen atoms in total. The molecule has 0 bridgehead atoms. The number of ketones is 1. The van der Waals surface area contributed by atoms with E-state index in [2.05, 4.69) is 6.58 Å². The van der Waals surface area contributed by atoms with Gasteiger partial charge in [-0.25, -0.2) is 0 Å². The zero-order chi connectivity index (χ0) is 16.3. The van der Waals surface area contributed by atoms with Crippen molar-refractivity contribution in [1.29, 1.82) is 0 Å². The summed E-state index contributed by atoms with van der Waals surface area (Å²) in [5.41, 5.74) is 1.58. The van der Waals surface area contributed by atoms with Gasteiger partial charge in [-0.2, -0.15) is 0 Å². The van der Waals surface area contributed by atoms with Gasteiger partial charge in [0, 0.05) is 12.2 Å². The topological polar surface area (TPSA) is 55.8 Å². The number of carbonyl (C=O) groups is 1. The Balaban J connectivity index is 2.59. The maximum atomic E-state index is 11.6. The summed E-state index contributed by atoms with van der Waals surface area (Å²) in [5, 5.41) is 11.2. The minimum atomic E-state index is -0.176. The monoisotopic (exact) mass is 298 g/mol. The molecule has 0 spiro atoms. The van der Waals surface area contributed by atoms with E-state index in [-0.39, 0.29) is 11.5 Å². The number of carbonyl (C=O) groups excluding carboxylic acids is 1. The summed E-state index contributed by atoms with van der Waals surface area (Å²) < 4.78 is 10.5. The minimum Gasteiger partial charge on any atom is -0.508 e. The fourth-order valence-electron chi connectivity index (χ4n) is 2.33. The quantitative estimate of drug-likeness (QED) is 0.918. The number of phenolic OH excluding ortho intramolecular Hbond substituents is 1. The molecule has 0 saturated heterocycles. The predicted molar refractivity (Wildman–Crippen MR) is 85.4 cm³/mol. The Kier molecular flexibility index (Phi) is 4.51. The van der Waals surface area contributed by atoms with Crippen molar-refractivity contribution in [1.82, 2.24) is 0 Å². The zero-order valence-corrected chi connectivity index (χ0v) is 12.8. The average Bonchev–Trinajstić information content (AvgIpc) is 2.46. The number of rotatable bonds is 3. The smallest absolute Gasteiger partial charge is 0.186 e. The number of aromatic hydroxyl groups is 1. The third-order valence-electron chi connectivity index (χ3n) is 3.39. The zero-order valence-electron chi connectivity index (χ0n) is 12.8. The third kappa shape index (κ3) is 3.11. The van der Waals surface area contributed by atoms with E-state index in [1.165, 1.54) is 26.4 Å². The van der Waals surface area contributed by atoms with Crippen LogP contribution in [-0.4, -0.2) is 25.1 Å². The molecule has 1 aliphatic rings. The van der Waals surface area contributed by atoms with E-state index < -0.39 is 0 Å². The summed E-state index contributed by atoms with van der Waals surface area (Å²) in [6.07, 6.45) is 6.50. The minimum absolute atomic E-state index is 0.176. The van der Waals surface area contributed by atoms with Crippen LogP contribution in [0.3, 0.4) is 0 Å². The van der Waals surface area contributed by atoms with Crippen molar-refractivity contribution in [3.63, 3.8) is 0 Å². The molecule has 0 unspecified atom stereocenters. The first-order valence-electron chi connectivity index (χ1n) is 6.73. The first-order chi connectivity index (χ1) is 10.5. The van der Waals surface area contributed by atoms with Crippen molar-refractivity contribution < 1.29 is 19.4 Å². The second-order valence-electron chi connectivity index (χ2n) is 4.91. The Hall–Kier alpha value is -2.75. The summed E-state index contributed by atoms with van der Waals surface area (Å²) in [7, 11) is 3.01. The van der Waals surface area contributed by atoms with Crippen LogP contribution in [0.25, 0.3) is 12.7 Å². The maximum Gasteiger partial charge on any atom is 0.186 e. The lowest BCUT2D eigenvalue weighted by atomic mass is 10.0. The molecule has 4 heteroatoms. The molecule has 0 radical (unpaired) electrons. The van der Waals surface area contributed by atoms with Crippen molar-refractivity contribution >= 4 is 18.4 Å². The molecule has 0 saturated carbocycles. The highest BCUT2D eigenvalue weighted by atomic mass is 16.5. The normalized spacial score (nSPS) is 15.3. The summed E-state index contributed by atoms with van der Waals surface area (Å²) >= 11 is 0. The lowest BCUT2D eigenvalue weighted by Crippen LogP contribution is -2.25. The molecular weight excluding hydrogens is 280 g/mol. The maximum absolute atomic E-state index is 11.6. The van der Waals surface area contributed by atoms with Gasteiger partial charge in [0.15, 0.2) is 5.78 Å². The fourth-order valence-corrected chi connectivity index (χ4v) is 2.33. The summed E-state index contributed by atoms with van der Waals surface area (Å²) in [6, 6.07) is 3.27. The van der Waals surface area contributed by atoms with Gasteiger partial charge < -0.3 is 14.6 Å². The molecule has 0 amide bonds. The van der Waals surface area contributed by atoms with Gasteiger partial charge in [-0.15, -0.1) is 0 Å². The molecule has 0 aliphatic heterocycles. The van der Waals surface area contributed by atoms with Crippen molar-refractivity contribution in [3.05, 3.63) is 63.5 Å². The Morgan fingerprint density at radius 2 is 1.68 bits per heavy atom. The molecule has 1 aliphatic carbocycles. The standard InChI is InChI=1S/C18H18O4/c1-11-7-13(19)8-12(2)15(11)5-6-16-17(21-3)9-14(20)10-18(16)22-4/h5-10,19H,1H2,2-4H3. The third-order valence-corrected chi connectivity index (χ3v) is 3.39. The number of methoxy groups -OCH3 is 2. The van der Waals surface area contributed by atoms with Gasteiger partial charge in [-0.3, -0.25) is 4.79 Å². The van der Waals surface area contributed by atoms with E-state index in [0.717, 1.165) is 10.8 Å². The van der Waals surface area contributed by atoms with E-state index in [1.807, 2.05) is 19.1 Å². The lowest BCUT2D eigenvalue weighted by Gasteiger charge is -2.16. The first kappa shape index (κ1) is 15.6. The number of benzene rings is 1. The molecule has 1 N–H and O–H groups in total. The molecule has 2 rings (SSSR count). The van der Waals surface area contributed by atoms with Crippen molar-refractivity contribution in [3.8, 4) is 5.75 Å². The van der Waals surface area contributed by atoms with Crippen LogP contribution < -0.4 is 10.4 Å². The van der Waals surface area contributed by atoms with E-state index in [9.17, 15) is 9.90 Å². The van der Waals surface area contributed by atoms with Crippen molar-refractivity contribution in [2.45, 2.75) is 6.92 Å². The molecule has 1 aromatic carbocycles. The van der Waals surface area contributed by atoms with Crippen molar-refractivity contribution in [2.75, 3.05) is 14.2 Å². The Morgan fingerprint density at radius 3 is 2.18 bits per heavy atom. The van der Waals surface area contributed by atoms with E-state index >= 15 is 0 Å². The number of hydrogen-bond acceptors (Lipinski definition) is 4. The fraction of sp³-hybridized carbons (Fsp3) is 0.167. The van der Waals surface area contributed by atoms with E-state index in [4.69, 9.17) is 9.47 Å². The van der Waals surface area contributed by atoms with Gasteiger partial charge in [0.1, 0.15) is 17.3 Å². The van der Waals surface area contributed by atoms with Crippen LogP contribution in [0.5, 0.6) is 5.75 Å². The molecule has 0 aromatic heterocycles. The van der Waals surface area contributed by atoms with Gasteiger partial charge in [0.2, 0.25) is 0 Å². The van der Waals surface area contributed by atoms with Gasteiger partial charge in [0.05, 0.1) is 19.8 Å². The first-order valence-corrected chi connectivity index (χ1v) is 6.73. The molecule has 0 fully saturated rings. The van der Waals surface area contributed by atoms with Crippen LogP contribution in [0.2, 0.25) is 0 Å². The summed E-state index contributed by atoms with van der Waals surface area (Å²) in [6.45, 7) is 5.82. The highest BCUT2D eigenvalue weighted by molar-refractivity contribution is 6.02. The summed E-state index contributed by atoms with van der Waals surface area (Å²) in [5.74, 6) is 0.903. The summed E-state index contributed by atoms with van der Waals surface area (Å²) in [4.78, 5) is 11.6. The van der Waals surface area contributed by atoms with Crippen LogP contribution in [0.15, 0.2) is 47.5 Å². The molecule has 0 atom stereocenters. The Morgan fingerprint density at radius 1 is 1.09 bits per heavy atom. The Bertz CT molecular complexity index is 784. The molecule has 0 heterocycles. The van der Waals surface area contributed by atoms with Gasteiger partial charge in [-0.05, 0) is 41.1 Å². The molecule has 22 heavy (non-hydrogen) atoms. The lowest BCUT2D eigenvalue weighted by molar-refractivity contribution is -0.110. The number of ether oxygens (including phenoxy) is 2. The Labute approximate surface area is 129 Å². The van der Waals surface area contributed by atoms with Crippen LogP contribution in [0.4, 0.5) is 0 Å². The second kappa shape index (κ2) is 6.35. The van der Waals surface area contributed by atoms with E-state index in [0.29, 0.717) is 22.3 Å². The number of aryl methyl sites for hydroxylation is 1. The largest absolute Gasteiger partial charge is 0.508 e.